The Labute approximate surface area is 296 Å². The molecule has 7 rings (SSSR count). The summed E-state index contributed by atoms with van der Waals surface area (Å²) in [5.41, 5.74) is 3.90. The number of imide groups is 1. The Morgan fingerprint density at radius 1 is 1.10 bits per heavy atom. The lowest BCUT2D eigenvalue weighted by Gasteiger charge is -2.38. The fourth-order valence-corrected chi connectivity index (χ4v) is 9.10. The lowest BCUT2D eigenvalue weighted by atomic mass is 9.91. The molecule has 1 aromatic carbocycles. The summed E-state index contributed by atoms with van der Waals surface area (Å²) in [4.78, 5) is 49.8. The topological polar surface area (TPSA) is 102 Å². The first-order valence-corrected chi connectivity index (χ1v) is 18.6. The lowest BCUT2D eigenvalue weighted by Crippen LogP contribution is -2.50. The fourth-order valence-electron chi connectivity index (χ4n) is 7.73. The standard InChI is InChI=1S/C37H45ClN4O6S/c1-36(2,3)48-35(45)42-20-25(19-37(42,4)22-47-32-9-5-6-15-46-32)40-14-7-8-23-16-24(38)17-28(33(23)40)27-12-13-39-29-18-26(49-34(27)29)21-41-30(43)10-11-31(41)44/h12-13,16-18,25,32H,5-11,14-15,19-22H2,1-4H3/t25-,32?,37+/m0/s1. The summed E-state index contributed by atoms with van der Waals surface area (Å²) in [6.45, 7) is 10.4. The normalized spacial score (nSPS) is 24.6. The number of hydrogen-bond acceptors (Lipinski definition) is 9. The smallest absolute Gasteiger partial charge is 0.410 e. The maximum Gasteiger partial charge on any atom is 0.410 e. The summed E-state index contributed by atoms with van der Waals surface area (Å²) in [6.07, 6.45) is 7.26. The SMILES string of the molecule is CC(C)(C)OC(=O)N1C[C@@H](N2CCCc3cc(Cl)cc(-c4ccnc5cc(CN6C(=O)CCC6=O)sc45)c32)C[C@]1(C)COC1CCCCO1. The van der Waals surface area contributed by atoms with Crippen LogP contribution in [0.2, 0.25) is 5.02 Å². The predicted octanol–water partition coefficient (Wildman–Crippen LogP) is 7.33. The number of fused-ring (bicyclic) bond motifs is 2. The van der Waals surface area contributed by atoms with Gasteiger partial charge in [0.05, 0.1) is 28.9 Å². The van der Waals surface area contributed by atoms with Gasteiger partial charge in [-0.05, 0) is 96.0 Å². The second kappa shape index (κ2) is 13.5. The van der Waals surface area contributed by atoms with Crippen molar-refractivity contribution in [2.24, 2.45) is 0 Å². The second-order valence-corrected chi connectivity index (χ2v) is 16.5. The predicted molar refractivity (Wildman–Crippen MR) is 190 cm³/mol. The van der Waals surface area contributed by atoms with Crippen LogP contribution in [0, 0.1) is 0 Å². The molecule has 3 saturated heterocycles. The van der Waals surface area contributed by atoms with Crippen LogP contribution in [0.1, 0.15) is 83.1 Å². The number of halogens is 1. The molecular formula is C37H45ClN4O6S. The van der Waals surface area contributed by atoms with Crippen LogP contribution in [0.25, 0.3) is 21.3 Å². The van der Waals surface area contributed by atoms with Crippen molar-refractivity contribution in [2.45, 2.75) is 109 Å². The maximum atomic E-state index is 13.8. The zero-order chi connectivity index (χ0) is 34.5. The monoisotopic (exact) mass is 708 g/mol. The van der Waals surface area contributed by atoms with Crippen LogP contribution in [0.4, 0.5) is 10.5 Å². The van der Waals surface area contributed by atoms with Crippen molar-refractivity contribution in [1.29, 1.82) is 0 Å². The molecule has 0 spiro atoms. The van der Waals surface area contributed by atoms with E-state index in [9.17, 15) is 14.4 Å². The number of anilines is 1. The van der Waals surface area contributed by atoms with E-state index < -0.39 is 11.1 Å². The molecule has 49 heavy (non-hydrogen) atoms. The van der Waals surface area contributed by atoms with Crippen molar-refractivity contribution < 1.29 is 28.6 Å². The summed E-state index contributed by atoms with van der Waals surface area (Å²) in [5, 5.41) is 0.665. The van der Waals surface area contributed by atoms with Gasteiger partial charge in [-0.3, -0.25) is 24.4 Å². The van der Waals surface area contributed by atoms with Gasteiger partial charge in [0.25, 0.3) is 0 Å². The van der Waals surface area contributed by atoms with E-state index in [-0.39, 0.29) is 49.6 Å². The number of benzene rings is 1. The molecule has 3 atom stereocenters. The van der Waals surface area contributed by atoms with Gasteiger partial charge in [0.2, 0.25) is 11.8 Å². The van der Waals surface area contributed by atoms with Crippen molar-refractivity contribution in [3.8, 4) is 11.1 Å². The molecule has 0 aliphatic carbocycles. The van der Waals surface area contributed by atoms with E-state index in [1.165, 1.54) is 10.5 Å². The Hall–Kier alpha value is -3.25. The van der Waals surface area contributed by atoms with Gasteiger partial charge in [-0.25, -0.2) is 4.79 Å². The minimum Gasteiger partial charge on any atom is -0.444 e. The summed E-state index contributed by atoms with van der Waals surface area (Å²) >= 11 is 8.38. The van der Waals surface area contributed by atoms with E-state index in [1.807, 2.05) is 50.1 Å². The van der Waals surface area contributed by atoms with Gasteiger partial charge in [0, 0.05) is 71.5 Å². The number of thiophene rings is 1. The average molecular weight is 709 g/mol. The number of ether oxygens (including phenoxy) is 3. The van der Waals surface area contributed by atoms with Crippen molar-refractivity contribution >= 4 is 56.7 Å². The van der Waals surface area contributed by atoms with Crippen molar-refractivity contribution in [1.82, 2.24) is 14.8 Å². The van der Waals surface area contributed by atoms with Gasteiger partial charge in [-0.2, -0.15) is 0 Å². The molecule has 3 aromatic rings. The third-order valence-electron chi connectivity index (χ3n) is 10.0. The van der Waals surface area contributed by atoms with Crippen LogP contribution in [-0.4, -0.2) is 82.5 Å². The van der Waals surface area contributed by atoms with E-state index in [2.05, 4.69) is 22.9 Å². The van der Waals surface area contributed by atoms with Crippen LogP contribution in [0.3, 0.4) is 0 Å². The van der Waals surface area contributed by atoms with Crippen LogP contribution in [0.5, 0.6) is 0 Å². The second-order valence-electron chi connectivity index (χ2n) is 15.0. The molecule has 3 fully saturated rings. The highest BCUT2D eigenvalue weighted by molar-refractivity contribution is 7.19. The maximum absolute atomic E-state index is 13.8. The summed E-state index contributed by atoms with van der Waals surface area (Å²) < 4.78 is 19.2. The fraction of sp³-hybridized carbons (Fsp3) is 0.568. The number of amides is 3. The Morgan fingerprint density at radius 2 is 1.90 bits per heavy atom. The van der Waals surface area contributed by atoms with Gasteiger partial charge in [-0.15, -0.1) is 11.3 Å². The minimum atomic E-state index is -0.632. The number of pyridine rings is 1. The van der Waals surface area contributed by atoms with Crippen LogP contribution in [0.15, 0.2) is 30.5 Å². The summed E-state index contributed by atoms with van der Waals surface area (Å²) in [5.74, 6) is -0.258. The first kappa shape index (κ1) is 34.2. The number of carbonyl (C=O) groups excluding carboxylic acids is 3. The van der Waals surface area contributed by atoms with E-state index in [0.29, 0.717) is 31.2 Å². The van der Waals surface area contributed by atoms with E-state index in [4.69, 9.17) is 25.8 Å². The Kier molecular flexibility index (Phi) is 9.40. The average Bonchev–Trinajstić information content (AvgIpc) is 3.74. The van der Waals surface area contributed by atoms with Crippen LogP contribution >= 0.6 is 22.9 Å². The molecule has 0 radical (unpaired) electrons. The van der Waals surface area contributed by atoms with E-state index >= 15 is 0 Å². The number of nitrogens with zero attached hydrogens (tertiary/aromatic N) is 4. The number of aryl methyl sites for hydroxylation is 1. The van der Waals surface area contributed by atoms with Crippen molar-refractivity contribution in [3.63, 3.8) is 0 Å². The number of carbonyl (C=O) groups is 3. The number of hydrogen-bond donors (Lipinski definition) is 0. The van der Waals surface area contributed by atoms with Crippen LogP contribution < -0.4 is 4.90 Å². The lowest BCUT2D eigenvalue weighted by molar-refractivity contribution is -0.177. The Bertz CT molecular complexity index is 1750. The highest BCUT2D eigenvalue weighted by atomic mass is 35.5. The van der Waals surface area contributed by atoms with Gasteiger partial charge in [0.1, 0.15) is 5.60 Å². The van der Waals surface area contributed by atoms with Gasteiger partial charge >= 0.3 is 6.09 Å². The van der Waals surface area contributed by atoms with E-state index in [0.717, 1.165) is 70.6 Å². The van der Waals surface area contributed by atoms with Crippen LogP contribution in [-0.2, 0) is 36.8 Å². The molecule has 262 valence electrons. The largest absolute Gasteiger partial charge is 0.444 e. The molecule has 6 heterocycles. The summed E-state index contributed by atoms with van der Waals surface area (Å²) in [7, 11) is 0. The number of aromatic nitrogens is 1. The molecule has 3 amide bonds. The highest BCUT2D eigenvalue weighted by Crippen LogP contribution is 2.46. The highest BCUT2D eigenvalue weighted by Gasteiger charge is 2.49. The Balaban J connectivity index is 1.23. The quantitative estimate of drug-likeness (QED) is 0.235. The number of likely N-dealkylation sites (tertiary alicyclic amines) is 2. The van der Waals surface area contributed by atoms with Crippen molar-refractivity contribution in [2.75, 3.05) is 31.2 Å². The first-order valence-electron chi connectivity index (χ1n) is 17.4. The Morgan fingerprint density at radius 3 is 2.63 bits per heavy atom. The third-order valence-corrected chi connectivity index (χ3v) is 11.4. The molecule has 0 saturated carbocycles. The van der Waals surface area contributed by atoms with Gasteiger partial charge in [0.15, 0.2) is 6.29 Å². The third kappa shape index (κ3) is 7.04. The molecule has 12 heteroatoms. The molecule has 1 unspecified atom stereocenters. The molecular weight excluding hydrogens is 664 g/mol. The first-order chi connectivity index (χ1) is 23.4. The number of rotatable bonds is 7. The molecule has 10 nitrogen and oxygen atoms in total. The molecule has 4 aliphatic heterocycles. The molecule has 0 N–H and O–H groups in total. The molecule has 2 aromatic heterocycles. The molecule has 4 aliphatic rings. The molecule has 0 bridgehead atoms. The zero-order valence-electron chi connectivity index (χ0n) is 28.8. The summed E-state index contributed by atoms with van der Waals surface area (Å²) in [6, 6.07) is 8.12. The zero-order valence-corrected chi connectivity index (χ0v) is 30.3. The minimum absolute atomic E-state index is 0.00999. The van der Waals surface area contributed by atoms with Crippen molar-refractivity contribution in [3.05, 3.63) is 45.9 Å². The van der Waals surface area contributed by atoms with Gasteiger partial charge in [-0.1, -0.05) is 11.6 Å². The van der Waals surface area contributed by atoms with Gasteiger partial charge < -0.3 is 19.1 Å². The van der Waals surface area contributed by atoms with E-state index in [1.54, 1.807) is 11.3 Å².